The van der Waals surface area contributed by atoms with E-state index in [2.05, 4.69) is 32.0 Å². The normalized spacial score (nSPS) is 28.5. The largest absolute Gasteiger partial charge is 0.493 e. The zero-order chi connectivity index (χ0) is 14.9. The summed E-state index contributed by atoms with van der Waals surface area (Å²) in [6.07, 6.45) is 7.53. The van der Waals surface area contributed by atoms with Gasteiger partial charge in [-0.15, -0.1) is 0 Å². The van der Waals surface area contributed by atoms with E-state index in [4.69, 9.17) is 4.74 Å². The molecule has 116 valence electrons. The molecule has 0 saturated heterocycles. The molecule has 0 bridgehead atoms. The van der Waals surface area contributed by atoms with Gasteiger partial charge in [0.1, 0.15) is 5.75 Å². The number of aliphatic hydroxyl groups is 1. The average molecular weight is 288 g/mol. The summed E-state index contributed by atoms with van der Waals surface area (Å²) in [5.41, 5.74) is 2.23. The number of hydrogen-bond donors (Lipinski definition) is 1. The molecule has 0 amide bonds. The Labute approximate surface area is 128 Å². The molecule has 1 aromatic rings. The van der Waals surface area contributed by atoms with E-state index >= 15 is 0 Å². The molecule has 0 radical (unpaired) electrons. The Bertz CT molecular complexity index is 494. The lowest BCUT2D eigenvalue weighted by Gasteiger charge is -2.42. The van der Waals surface area contributed by atoms with Gasteiger partial charge < -0.3 is 9.84 Å². The molecular formula is C19H28O2. The van der Waals surface area contributed by atoms with E-state index in [0.717, 1.165) is 38.0 Å². The van der Waals surface area contributed by atoms with Crippen LogP contribution in [-0.2, 0) is 12.8 Å². The van der Waals surface area contributed by atoms with Gasteiger partial charge in [-0.3, -0.25) is 0 Å². The van der Waals surface area contributed by atoms with Crippen LogP contribution in [0.5, 0.6) is 5.75 Å². The fourth-order valence-corrected chi connectivity index (χ4v) is 4.27. The summed E-state index contributed by atoms with van der Waals surface area (Å²) < 4.78 is 5.57. The van der Waals surface area contributed by atoms with Crippen LogP contribution in [0.25, 0.3) is 0 Å². The summed E-state index contributed by atoms with van der Waals surface area (Å²) in [5, 5.41) is 11.1. The first-order valence-electron chi connectivity index (χ1n) is 8.55. The van der Waals surface area contributed by atoms with Crippen molar-refractivity contribution in [1.29, 1.82) is 0 Å². The van der Waals surface area contributed by atoms with Crippen LogP contribution < -0.4 is 4.74 Å². The van der Waals surface area contributed by atoms with Crippen molar-refractivity contribution in [2.24, 2.45) is 11.8 Å². The predicted octanol–water partition coefficient (Wildman–Crippen LogP) is 4.13. The molecule has 1 heterocycles. The Morgan fingerprint density at radius 3 is 3.00 bits per heavy atom. The van der Waals surface area contributed by atoms with Gasteiger partial charge in [0.15, 0.2) is 0 Å². The van der Waals surface area contributed by atoms with E-state index in [1.165, 1.54) is 30.4 Å². The highest BCUT2D eigenvalue weighted by Gasteiger charge is 2.39. The zero-order valence-electron chi connectivity index (χ0n) is 13.4. The van der Waals surface area contributed by atoms with Crippen LogP contribution in [0.1, 0.15) is 57.1 Å². The topological polar surface area (TPSA) is 29.5 Å². The van der Waals surface area contributed by atoms with E-state index in [-0.39, 0.29) is 0 Å². The third-order valence-electron chi connectivity index (χ3n) is 5.47. The summed E-state index contributed by atoms with van der Waals surface area (Å²) in [7, 11) is 0. The fraction of sp³-hybridized carbons (Fsp3) is 0.684. The van der Waals surface area contributed by atoms with Gasteiger partial charge in [0, 0.05) is 6.42 Å². The summed E-state index contributed by atoms with van der Waals surface area (Å²) in [6.45, 7) is 5.33. The molecule has 1 aliphatic carbocycles. The molecule has 1 fully saturated rings. The molecule has 2 unspecified atom stereocenters. The Balaban J connectivity index is 1.68. The number of ether oxygens (including phenoxy) is 1. The van der Waals surface area contributed by atoms with Crippen LogP contribution in [0.4, 0.5) is 0 Å². The highest BCUT2D eigenvalue weighted by Crippen LogP contribution is 2.41. The van der Waals surface area contributed by atoms with E-state index < -0.39 is 5.60 Å². The van der Waals surface area contributed by atoms with Gasteiger partial charge in [-0.05, 0) is 54.7 Å². The Morgan fingerprint density at radius 1 is 1.33 bits per heavy atom. The van der Waals surface area contributed by atoms with E-state index in [0.29, 0.717) is 11.8 Å². The molecule has 2 nitrogen and oxygen atoms in total. The lowest BCUT2D eigenvalue weighted by Crippen LogP contribution is -2.43. The quantitative estimate of drug-likeness (QED) is 0.902. The van der Waals surface area contributed by atoms with Gasteiger partial charge in [0.25, 0.3) is 0 Å². The number of benzene rings is 1. The highest BCUT2D eigenvalue weighted by molar-refractivity contribution is 5.39. The third kappa shape index (κ3) is 3.11. The molecule has 1 aromatic carbocycles. The molecule has 0 spiro atoms. The van der Waals surface area contributed by atoms with Gasteiger partial charge >= 0.3 is 0 Å². The summed E-state index contributed by atoms with van der Waals surface area (Å²) in [6, 6.07) is 6.54. The summed E-state index contributed by atoms with van der Waals surface area (Å²) in [5.74, 6) is 2.09. The van der Waals surface area contributed by atoms with Crippen molar-refractivity contribution >= 4 is 0 Å². The van der Waals surface area contributed by atoms with Crippen LogP contribution in [0, 0.1) is 11.8 Å². The van der Waals surface area contributed by atoms with E-state index in [9.17, 15) is 5.11 Å². The van der Waals surface area contributed by atoms with Gasteiger partial charge in [0.2, 0.25) is 0 Å². The second-order valence-electron chi connectivity index (χ2n) is 7.24. The van der Waals surface area contributed by atoms with E-state index in [1.54, 1.807) is 0 Å². The first-order chi connectivity index (χ1) is 10.1. The first kappa shape index (κ1) is 14.9. The van der Waals surface area contributed by atoms with Crippen molar-refractivity contribution in [2.75, 3.05) is 6.61 Å². The Kier molecular flexibility index (Phi) is 4.26. The number of rotatable bonds is 4. The lowest BCUT2D eigenvalue weighted by molar-refractivity contribution is -0.0716. The predicted molar refractivity (Wildman–Crippen MR) is 85.7 cm³/mol. The highest BCUT2D eigenvalue weighted by atomic mass is 16.5. The molecule has 3 rings (SSSR count). The van der Waals surface area contributed by atoms with Gasteiger partial charge in [0.05, 0.1) is 12.2 Å². The average Bonchev–Trinajstić information content (AvgIpc) is 2.93. The smallest absolute Gasteiger partial charge is 0.122 e. The second-order valence-corrected chi connectivity index (χ2v) is 7.24. The number of hydrogen-bond acceptors (Lipinski definition) is 2. The zero-order valence-corrected chi connectivity index (χ0v) is 13.4. The molecule has 1 N–H and O–H groups in total. The molecule has 0 aromatic heterocycles. The van der Waals surface area contributed by atoms with Crippen molar-refractivity contribution in [3.8, 4) is 5.75 Å². The minimum absolute atomic E-state index is 0.456. The van der Waals surface area contributed by atoms with Crippen molar-refractivity contribution in [3.05, 3.63) is 29.3 Å². The second kappa shape index (κ2) is 6.00. The third-order valence-corrected chi connectivity index (χ3v) is 5.47. The van der Waals surface area contributed by atoms with Crippen molar-refractivity contribution < 1.29 is 9.84 Å². The number of aryl methyl sites for hydroxylation is 1. The minimum Gasteiger partial charge on any atom is -0.493 e. The van der Waals surface area contributed by atoms with Crippen LogP contribution >= 0.6 is 0 Å². The first-order valence-corrected chi connectivity index (χ1v) is 8.55. The molecular weight excluding hydrogens is 260 g/mol. The monoisotopic (exact) mass is 288 g/mol. The standard InChI is InChI=1S/C19H28O2/c1-14(2)17-5-3-4-10-19(17,20)11-8-15-6-7-18-16(13-15)9-12-21-18/h6-7,13-14,17,20H,3-5,8-12H2,1-2H3. The van der Waals surface area contributed by atoms with E-state index in [1.807, 2.05) is 0 Å². The van der Waals surface area contributed by atoms with Crippen LogP contribution in [0.2, 0.25) is 0 Å². The molecule has 1 aliphatic heterocycles. The fourth-order valence-electron chi connectivity index (χ4n) is 4.27. The maximum absolute atomic E-state index is 11.1. The van der Waals surface area contributed by atoms with Crippen LogP contribution in [0.3, 0.4) is 0 Å². The molecule has 2 atom stereocenters. The molecule has 2 aliphatic rings. The van der Waals surface area contributed by atoms with Crippen molar-refractivity contribution in [3.63, 3.8) is 0 Å². The van der Waals surface area contributed by atoms with Crippen molar-refractivity contribution in [2.45, 2.75) is 64.4 Å². The maximum atomic E-state index is 11.1. The van der Waals surface area contributed by atoms with Crippen LogP contribution in [-0.4, -0.2) is 17.3 Å². The molecule has 21 heavy (non-hydrogen) atoms. The molecule has 2 heteroatoms. The summed E-state index contributed by atoms with van der Waals surface area (Å²) >= 11 is 0. The van der Waals surface area contributed by atoms with Gasteiger partial charge in [-0.25, -0.2) is 0 Å². The summed E-state index contributed by atoms with van der Waals surface area (Å²) in [4.78, 5) is 0. The van der Waals surface area contributed by atoms with Crippen molar-refractivity contribution in [1.82, 2.24) is 0 Å². The lowest BCUT2D eigenvalue weighted by atomic mass is 9.68. The van der Waals surface area contributed by atoms with Crippen LogP contribution in [0.15, 0.2) is 18.2 Å². The maximum Gasteiger partial charge on any atom is 0.122 e. The minimum atomic E-state index is -0.456. The van der Waals surface area contributed by atoms with Gasteiger partial charge in [-0.1, -0.05) is 38.8 Å². The van der Waals surface area contributed by atoms with Gasteiger partial charge in [-0.2, -0.15) is 0 Å². The SMILES string of the molecule is CC(C)C1CCCCC1(O)CCc1ccc2c(c1)CCO2. The number of fused-ring (bicyclic) bond motifs is 1. The Morgan fingerprint density at radius 2 is 2.19 bits per heavy atom. The molecule has 1 saturated carbocycles. The Hall–Kier alpha value is -1.02.